The van der Waals surface area contributed by atoms with Gasteiger partial charge in [0.2, 0.25) is 17.7 Å². The van der Waals surface area contributed by atoms with Gasteiger partial charge in [-0.15, -0.1) is 23.1 Å². The first-order chi connectivity index (χ1) is 16.2. The zero-order chi connectivity index (χ0) is 24.4. The van der Waals surface area contributed by atoms with Gasteiger partial charge in [0, 0.05) is 15.8 Å². The van der Waals surface area contributed by atoms with Gasteiger partial charge in [-0.25, -0.2) is 8.78 Å². The van der Waals surface area contributed by atoms with Crippen molar-refractivity contribution in [1.29, 1.82) is 0 Å². The van der Waals surface area contributed by atoms with Crippen molar-refractivity contribution in [3.63, 3.8) is 0 Å². The number of nitrogens with zero attached hydrogens (tertiary/aromatic N) is 1. The number of thioether (sulfide) groups is 1. The molecule has 4 rings (SSSR count). The lowest BCUT2D eigenvalue weighted by Gasteiger charge is -2.33. The van der Waals surface area contributed by atoms with Crippen LogP contribution in [0.15, 0.2) is 64.9 Å². The summed E-state index contributed by atoms with van der Waals surface area (Å²) in [6, 6.07) is 11.3. The van der Waals surface area contributed by atoms with Crippen molar-refractivity contribution in [2.75, 3.05) is 5.32 Å². The van der Waals surface area contributed by atoms with E-state index in [4.69, 9.17) is 5.73 Å². The van der Waals surface area contributed by atoms with Crippen LogP contribution in [0.5, 0.6) is 0 Å². The standard InChI is InChI=1S/C24H21F2N3O3S2/c1-13(27)24(32)29(20(30)11-14-9-15(25)12-16(26)10-14)21-22(19-7-4-8-33-19)34-18-6-3-2-5-17(18)28-23(21)31/h2-10,12-13,21-22H,11,27H2,1H3,(H,28,31)/t13-,21-,22+/m0/s1. The van der Waals surface area contributed by atoms with E-state index in [0.717, 1.165) is 26.8 Å². The summed E-state index contributed by atoms with van der Waals surface area (Å²) in [4.78, 5) is 42.6. The van der Waals surface area contributed by atoms with Crippen LogP contribution in [0.4, 0.5) is 14.5 Å². The van der Waals surface area contributed by atoms with Crippen LogP contribution in [-0.2, 0) is 20.8 Å². The fourth-order valence-electron chi connectivity index (χ4n) is 3.74. The zero-order valence-electron chi connectivity index (χ0n) is 18.0. The summed E-state index contributed by atoms with van der Waals surface area (Å²) < 4.78 is 27.4. The van der Waals surface area contributed by atoms with Crippen LogP contribution < -0.4 is 11.1 Å². The number of fused-ring (bicyclic) bond motifs is 1. The Morgan fingerprint density at radius 3 is 2.47 bits per heavy atom. The molecule has 2 heterocycles. The maximum absolute atomic E-state index is 13.7. The van der Waals surface area contributed by atoms with Crippen molar-refractivity contribution < 1.29 is 23.2 Å². The molecule has 0 fully saturated rings. The number of nitrogens with two attached hydrogens (primary N) is 1. The maximum Gasteiger partial charge on any atom is 0.249 e. The van der Waals surface area contributed by atoms with E-state index in [1.165, 1.54) is 30.0 Å². The van der Waals surface area contributed by atoms with E-state index in [1.807, 2.05) is 29.6 Å². The SMILES string of the molecule is C[C@H](N)C(=O)N(C(=O)Cc1cc(F)cc(F)c1)[C@@H]1C(=O)Nc2ccccc2S[C@@H]1c1cccs1. The number of carbonyl (C=O) groups excluding carboxylic acids is 3. The van der Waals surface area contributed by atoms with Crippen LogP contribution >= 0.6 is 23.1 Å². The summed E-state index contributed by atoms with van der Waals surface area (Å²) in [5.41, 5.74) is 6.46. The third-order valence-electron chi connectivity index (χ3n) is 5.23. The molecule has 0 radical (unpaired) electrons. The van der Waals surface area contributed by atoms with E-state index >= 15 is 0 Å². The predicted octanol–water partition coefficient (Wildman–Crippen LogP) is 4.13. The summed E-state index contributed by atoms with van der Waals surface area (Å²) in [5.74, 6) is -3.77. The summed E-state index contributed by atoms with van der Waals surface area (Å²) in [5, 5.41) is 4.05. The molecule has 1 aliphatic rings. The number of imide groups is 1. The molecule has 176 valence electrons. The quantitative estimate of drug-likeness (QED) is 0.549. The third-order valence-corrected chi connectivity index (χ3v) is 7.71. The van der Waals surface area contributed by atoms with Gasteiger partial charge >= 0.3 is 0 Å². The van der Waals surface area contributed by atoms with Gasteiger partial charge in [0.1, 0.15) is 17.7 Å². The van der Waals surface area contributed by atoms with Gasteiger partial charge in [-0.3, -0.25) is 19.3 Å². The number of rotatable bonds is 5. The molecule has 0 aliphatic carbocycles. The van der Waals surface area contributed by atoms with Gasteiger partial charge < -0.3 is 11.1 Å². The minimum absolute atomic E-state index is 0.0441. The van der Waals surface area contributed by atoms with Gasteiger partial charge in [0.05, 0.1) is 23.4 Å². The summed E-state index contributed by atoms with van der Waals surface area (Å²) in [6.07, 6.45) is -0.480. The molecule has 10 heteroatoms. The average molecular weight is 502 g/mol. The van der Waals surface area contributed by atoms with Gasteiger partial charge in [0.15, 0.2) is 0 Å². The molecule has 3 amide bonds. The Morgan fingerprint density at radius 1 is 1.12 bits per heavy atom. The van der Waals surface area contributed by atoms with Gasteiger partial charge in [-0.05, 0) is 48.2 Å². The fraction of sp³-hybridized carbons (Fsp3) is 0.208. The van der Waals surface area contributed by atoms with Crippen molar-refractivity contribution >= 4 is 46.5 Å². The van der Waals surface area contributed by atoms with Gasteiger partial charge in [-0.2, -0.15) is 0 Å². The molecule has 3 atom stereocenters. The summed E-state index contributed by atoms with van der Waals surface area (Å²) in [6.45, 7) is 1.42. The number of amides is 3. The normalized spacial score (nSPS) is 18.4. The molecular formula is C24H21F2N3O3S2. The highest BCUT2D eigenvalue weighted by atomic mass is 32.2. The molecule has 0 saturated heterocycles. The van der Waals surface area contributed by atoms with Crippen molar-refractivity contribution in [3.05, 3.63) is 82.1 Å². The lowest BCUT2D eigenvalue weighted by atomic mass is 10.0. The van der Waals surface area contributed by atoms with E-state index in [2.05, 4.69) is 5.32 Å². The first-order valence-corrected chi connectivity index (χ1v) is 12.2. The first-order valence-electron chi connectivity index (χ1n) is 10.4. The Labute approximate surface area is 203 Å². The van der Waals surface area contributed by atoms with Crippen LogP contribution in [0.3, 0.4) is 0 Å². The van der Waals surface area contributed by atoms with E-state index in [1.54, 1.807) is 12.1 Å². The number of carbonyl (C=O) groups is 3. The van der Waals surface area contributed by atoms with Gasteiger partial charge in [0.25, 0.3) is 0 Å². The molecule has 0 bridgehead atoms. The number of hydrogen-bond donors (Lipinski definition) is 2. The number of anilines is 1. The lowest BCUT2D eigenvalue weighted by molar-refractivity contribution is -0.151. The van der Waals surface area contributed by atoms with E-state index in [9.17, 15) is 23.2 Å². The lowest BCUT2D eigenvalue weighted by Crippen LogP contribution is -2.56. The smallest absolute Gasteiger partial charge is 0.249 e. The molecule has 3 N–H and O–H groups in total. The van der Waals surface area contributed by atoms with E-state index in [-0.39, 0.29) is 5.56 Å². The van der Waals surface area contributed by atoms with Crippen LogP contribution in [0.1, 0.15) is 22.6 Å². The first kappa shape index (κ1) is 24.1. The second kappa shape index (κ2) is 10.0. The Morgan fingerprint density at radius 2 is 1.82 bits per heavy atom. The number of nitrogens with one attached hydrogen (secondary N) is 1. The van der Waals surface area contributed by atoms with Crippen molar-refractivity contribution in [2.24, 2.45) is 5.73 Å². The minimum Gasteiger partial charge on any atom is -0.323 e. The molecule has 6 nitrogen and oxygen atoms in total. The monoisotopic (exact) mass is 501 g/mol. The Hall–Kier alpha value is -3.08. The molecular weight excluding hydrogens is 480 g/mol. The molecule has 34 heavy (non-hydrogen) atoms. The molecule has 0 unspecified atom stereocenters. The van der Waals surface area contributed by atoms with Gasteiger partial charge in [-0.1, -0.05) is 18.2 Å². The minimum atomic E-state index is -1.24. The molecule has 3 aromatic rings. The van der Waals surface area contributed by atoms with Crippen LogP contribution in [-0.4, -0.2) is 34.7 Å². The molecule has 0 spiro atoms. The molecule has 1 aromatic heterocycles. The van der Waals surface area contributed by atoms with E-state index in [0.29, 0.717) is 11.8 Å². The number of para-hydroxylation sites is 1. The highest BCUT2D eigenvalue weighted by Crippen LogP contribution is 2.46. The molecule has 2 aromatic carbocycles. The number of benzene rings is 2. The van der Waals surface area contributed by atoms with Crippen molar-refractivity contribution in [1.82, 2.24) is 4.90 Å². The van der Waals surface area contributed by atoms with Crippen LogP contribution in [0.2, 0.25) is 0 Å². The number of halogens is 2. The van der Waals surface area contributed by atoms with Crippen molar-refractivity contribution in [3.8, 4) is 0 Å². The number of hydrogen-bond acceptors (Lipinski definition) is 6. The Bertz CT molecular complexity index is 1210. The largest absolute Gasteiger partial charge is 0.323 e. The molecule has 0 saturated carbocycles. The maximum atomic E-state index is 13.7. The second-order valence-electron chi connectivity index (χ2n) is 7.83. The zero-order valence-corrected chi connectivity index (χ0v) is 19.7. The van der Waals surface area contributed by atoms with Crippen LogP contribution in [0.25, 0.3) is 0 Å². The summed E-state index contributed by atoms with van der Waals surface area (Å²) >= 11 is 2.75. The third kappa shape index (κ3) is 5.03. The topological polar surface area (TPSA) is 92.5 Å². The Balaban J connectivity index is 1.78. The second-order valence-corrected chi connectivity index (χ2v) is 9.99. The fourth-order valence-corrected chi connectivity index (χ4v) is 6.04. The highest BCUT2D eigenvalue weighted by molar-refractivity contribution is 8.00. The number of thiophene rings is 1. The summed E-state index contributed by atoms with van der Waals surface area (Å²) in [7, 11) is 0. The highest BCUT2D eigenvalue weighted by Gasteiger charge is 2.44. The molecule has 1 aliphatic heterocycles. The van der Waals surface area contributed by atoms with Crippen molar-refractivity contribution in [2.45, 2.75) is 35.6 Å². The van der Waals surface area contributed by atoms with Crippen LogP contribution in [0, 0.1) is 11.6 Å². The predicted molar refractivity (Wildman–Crippen MR) is 127 cm³/mol. The van der Waals surface area contributed by atoms with E-state index < -0.39 is 53.1 Å². The Kier molecular flexibility index (Phi) is 7.11. The average Bonchev–Trinajstić information content (AvgIpc) is 3.26.